The molecule has 0 saturated heterocycles. The van der Waals surface area contributed by atoms with Gasteiger partial charge in [0.15, 0.2) is 0 Å². The molecule has 0 atom stereocenters. The summed E-state index contributed by atoms with van der Waals surface area (Å²) >= 11 is 0. The maximum atomic E-state index is 11.5. The van der Waals surface area contributed by atoms with Crippen LogP contribution in [0.2, 0.25) is 0 Å². The van der Waals surface area contributed by atoms with E-state index in [0.29, 0.717) is 24.2 Å². The molecule has 0 unspecified atom stereocenters. The fourth-order valence-corrected chi connectivity index (χ4v) is 1.95. The first-order valence-corrected chi connectivity index (χ1v) is 5.98. The van der Waals surface area contributed by atoms with E-state index in [1.54, 1.807) is 19.1 Å². The Balaban J connectivity index is 3.14. The van der Waals surface area contributed by atoms with Gasteiger partial charge in [-0.25, -0.2) is 0 Å². The number of carbonyl (C=O) groups excluding carboxylic acids is 1. The third-order valence-corrected chi connectivity index (χ3v) is 2.77. The van der Waals surface area contributed by atoms with Crippen molar-refractivity contribution in [2.24, 2.45) is 0 Å². The van der Waals surface area contributed by atoms with Crippen LogP contribution in [0.15, 0.2) is 12.1 Å². The van der Waals surface area contributed by atoms with Crippen molar-refractivity contribution < 1.29 is 14.6 Å². The first-order valence-electron chi connectivity index (χ1n) is 5.98. The number of aliphatic hydroxyl groups is 1. The van der Waals surface area contributed by atoms with Crippen LogP contribution in [-0.4, -0.2) is 17.7 Å². The first-order chi connectivity index (χ1) is 8.67. The van der Waals surface area contributed by atoms with Crippen LogP contribution >= 0.6 is 0 Å². The molecule has 1 N–H and O–H groups in total. The molecule has 18 heavy (non-hydrogen) atoms. The molecular weight excluding hydrogens is 230 g/mol. The highest BCUT2D eigenvalue weighted by Gasteiger charge is 2.14. The largest absolute Gasteiger partial charge is 0.466 e. The highest BCUT2D eigenvalue weighted by atomic mass is 16.5. The van der Waals surface area contributed by atoms with Gasteiger partial charge in [-0.05, 0) is 30.0 Å². The average Bonchev–Trinajstić information content (AvgIpc) is 2.38. The zero-order chi connectivity index (χ0) is 13.5. The fraction of sp³-hybridized carbons (Fsp3) is 0.429. The number of esters is 1. The van der Waals surface area contributed by atoms with Gasteiger partial charge in [0.05, 0.1) is 31.3 Å². The molecule has 0 spiro atoms. The summed E-state index contributed by atoms with van der Waals surface area (Å²) in [6.07, 6.45) is 0.741. The van der Waals surface area contributed by atoms with Crippen molar-refractivity contribution in [3.05, 3.63) is 34.4 Å². The maximum Gasteiger partial charge on any atom is 0.310 e. The van der Waals surface area contributed by atoms with E-state index in [1.165, 1.54) is 0 Å². The van der Waals surface area contributed by atoms with Gasteiger partial charge in [0.1, 0.15) is 0 Å². The first kappa shape index (κ1) is 14.2. The molecule has 0 heterocycles. The molecule has 0 fully saturated rings. The van der Waals surface area contributed by atoms with Gasteiger partial charge in [-0.3, -0.25) is 4.79 Å². The number of nitrogens with zero attached hydrogens (tertiary/aromatic N) is 1. The topological polar surface area (TPSA) is 70.3 Å². The summed E-state index contributed by atoms with van der Waals surface area (Å²) < 4.78 is 4.88. The van der Waals surface area contributed by atoms with Gasteiger partial charge in [0.25, 0.3) is 0 Å². The number of rotatable bonds is 5. The van der Waals surface area contributed by atoms with Crippen molar-refractivity contribution >= 4 is 5.97 Å². The molecule has 0 aliphatic carbocycles. The molecule has 1 aromatic rings. The Hall–Kier alpha value is -1.86. The lowest BCUT2D eigenvalue weighted by atomic mass is 9.93. The maximum absolute atomic E-state index is 11.5. The van der Waals surface area contributed by atoms with E-state index in [1.807, 2.05) is 6.92 Å². The van der Waals surface area contributed by atoms with Crippen LogP contribution in [0.1, 0.15) is 36.1 Å². The number of hydrogen-bond acceptors (Lipinski definition) is 4. The summed E-state index contributed by atoms with van der Waals surface area (Å²) in [5.41, 5.74) is 2.69. The summed E-state index contributed by atoms with van der Waals surface area (Å²) in [4.78, 5) is 11.5. The number of benzene rings is 1. The SMILES string of the molecule is CCOC(=O)Cc1ccc(CO)c(CC)c1C#N. The zero-order valence-electron chi connectivity index (χ0n) is 10.7. The second-order valence-corrected chi connectivity index (χ2v) is 3.84. The van der Waals surface area contributed by atoms with Crippen LogP contribution in [0, 0.1) is 11.3 Å². The fourth-order valence-electron chi connectivity index (χ4n) is 1.95. The predicted octanol–water partition coefficient (Wildman–Crippen LogP) is 1.72. The molecular formula is C14H17NO3. The van der Waals surface area contributed by atoms with Crippen LogP contribution in [0.25, 0.3) is 0 Å². The molecule has 1 aromatic carbocycles. The molecule has 0 bridgehead atoms. The van der Waals surface area contributed by atoms with E-state index in [0.717, 1.165) is 11.1 Å². The van der Waals surface area contributed by atoms with Crippen molar-refractivity contribution in [2.75, 3.05) is 6.61 Å². The molecule has 0 aliphatic rings. The summed E-state index contributed by atoms with van der Waals surface area (Å²) in [6, 6.07) is 5.59. The summed E-state index contributed by atoms with van der Waals surface area (Å²) in [5.74, 6) is -0.340. The van der Waals surface area contributed by atoms with E-state index in [-0.39, 0.29) is 19.0 Å². The molecule has 1 rings (SSSR count). The lowest BCUT2D eigenvalue weighted by molar-refractivity contribution is -0.142. The van der Waals surface area contributed by atoms with Gasteiger partial charge >= 0.3 is 5.97 Å². The summed E-state index contributed by atoms with van der Waals surface area (Å²) in [7, 11) is 0. The highest BCUT2D eigenvalue weighted by molar-refractivity contribution is 5.74. The van der Waals surface area contributed by atoms with Gasteiger partial charge < -0.3 is 9.84 Å². The van der Waals surface area contributed by atoms with Crippen LogP contribution in [0.4, 0.5) is 0 Å². The quantitative estimate of drug-likeness (QED) is 0.804. The lowest BCUT2D eigenvalue weighted by Crippen LogP contribution is -2.10. The highest BCUT2D eigenvalue weighted by Crippen LogP contribution is 2.20. The minimum Gasteiger partial charge on any atom is -0.466 e. The zero-order valence-corrected chi connectivity index (χ0v) is 10.7. The van der Waals surface area contributed by atoms with E-state index >= 15 is 0 Å². The second-order valence-electron chi connectivity index (χ2n) is 3.84. The number of carbonyl (C=O) groups is 1. The summed E-state index contributed by atoms with van der Waals surface area (Å²) in [5, 5.41) is 18.4. The predicted molar refractivity (Wildman–Crippen MR) is 66.8 cm³/mol. The van der Waals surface area contributed by atoms with Crippen molar-refractivity contribution in [1.29, 1.82) is 5.26 Å². The van der Waals surface area contributed by atoms with Crippen LogP contribution in [0.5, 0.6) is 0 Å². The Kier molecular flexibility index (Phi) is 5.34. The molecule has 0 aromatic heterocycles. The van der Waals surface area contributed by atoms with Gasteiger partial charge in [-0.2, -0.15) is 5.26 Å². The second kappa shape index (κ2) is 6.77. The van der Waals surface area contributed by atoms with Gasteiger partial charge in [0, 0.05) is 0 Å². The number of hydrogen-bond donors (Lipinski definition) is 1. The number of nitriles is 1. The van der Waals surface area contributed by atoms with Crippen molar-refractivity contribution in [2.45, 2.75) is 33.3 Å². The minimum atomic E-state index is -0.340. The third-order valence-electron chi connectivity index (χ3n) is 2.77. The molecule has 96 valence electrons. The Morgan fingerprint density at radius 2 is 2.06 bits per heavy atom. The van der Waals surface area contributed by atoms with Crippen LogP contribution in [-0.2, 0) is 29.0 Å². The average molecular weight is 247 g/mol. The number of ether oxygens (including phenoxy) is 1. The van der Waals surface area contributed by atoms with Gasteiger partial charge in [-0.15, -0.1) is 0 Å². The Bertz CT molecular complexity index is 475. The molecule has 4 nitrogen and oxygen atoms in total. The van der Waals surface area contributed by atoms with E-state index in [9.17, 15) is 15.2 Å². The minimum absolute atomic E-state index is 0.0927. The Morgan fingerprint density at radius 3 is 2.56 bits per heavy atom. The normalized spacial score (nSPS) is 9.89. The molecule has 0 aliphatic heterocycles. The van der Waals surface area contributed by atoms with Crippen molar-refractivity contribution in [1.82, 2.24) is 0 Å². The standard InChI is InChI=1S/C14H17NO3/c1-3-12-11(9-16)6-5-10(13(12)8-15)7-14(17)18-4-2/h5-6,16H,3-4,7,9H2,1-2H3. The smallest absolute Gasteiger partial charge is 0.310 e. The van der Waals surface area contributed by atoms with Crippen LogP contribution < -0.4 is 0 Å². The van der Waals surface area contributed by atoms with Gasteiger partial charge in [0.2, 0.25) is 0 Å². The molecule has 0 radical (unpaired) electrons. The Labute approximate surface area is 107 Å². The van der Waals surface area contributed by atoms with E-state index < -0.39 is 0 Å². The molecule has 0 saturated carbocycles. The van der Waals surface area contributed by atoms with Gasteiger partial charge in [-0.1, -0.05) is 19.1 Å². The number of aliphatic hydroxyl groups excluding tert-OH is 1. The molecule has 0 amide bonds. The third kappa shape index (κ3) is 3.08. The van der Waals surface area contributed by atoms with Crippen LogP contribution in [0.3, 0.4) is 0 Å². The molecule has 4 heteroatoms. The van der Waals surface area contributed by atoms with E-state index in [2.05, 4.69) is 6.07 Å². The Morgan fingerprint density at radius 1 is 1.39 bits per heavy atom. The van der Waals surface area contributed by atoms with E-state index in [4.69, 9.17) is 4.74 Å². The summed E-state index contributed by atoms with van der Waals surface area (Å²) in [6.45, 7) is 3.90. The monoisotopic (exact) mass is 247 g/mol. The van der Waals surface area contributed by atoms with Crippen molar-refractivity contribution in [3.8, 4) is 6.07 Å². The van der Waals surface area contributed by atoms with Crippen molar-refractivity contribution in [3.63, 3.8) is 0 Å². The lowest BCUT2D eigenvalue weighted by Gasteiger charge is -2.11.